The first-order chi connectivity index (χ1) is 18.8. The van der Waals surface area contributed by atoms with Crippen molar-refractivity contribution in [3.63, 3.8) is 0 Å². The predicted molar refractivity (Wildman–Crippen MR) is 128 cm³/mol. The number of aliphatic hydroxyl groups excluding tert-OH is 2. The summed E-state index contributed by atoms with van der Waals surface area (Å²) in [6.45, 7) is -0.948. The van der Waals surface area contributed by atoms with Gasteiger partial charge in [-0.1, -0.05) is 0 Å². The van der Waals surface area contributed by atoms with E-state index in [1.165, 1.54) is 24.5 Å². The molecule has 220 valence electrons. The molecule has 0 aliphatic carbocycles. The van der Waals surface area contributed by atoms with Gasteiger partial charge in [-0.05, 0) is 12.1 Å². The number of phosphoric acid groups is 2. The van der Waals surface area contributed by atoms with Crippen molar-refractivity contribution in [1.29, 1.82) is 0 Å². The fourth-order valence-electron chi connectivity index (χ4n) is 4.52. The summed E-state index contributed by atoms with van der Waals surface area (Å²) in [5.41, 5.74) is 9.31. The van der Waals surface area contributed by atoms with Crippen LogP contribution in [0.25, 0.3) is 0 Å². The Morgan fingerprint density at radius 2 is 1.10 bits per heavy atom. The Balaban J connectivity index is 0.000000184. The van der Waals surface area contributed by atoms with E-state index in [-0.39, 0.29) is 60.5 Å². The zero-order chi connectivity index (χ0) is 29.0. The third-order valence-corrected chi connectivity index (χ3v) is 8.19. The van der Waals surface area contributed by atoms with Gasteiger partial charge in [-0.3, -0.25) is 18.3 Å². The van der Waals surface area contributed by atoms with E-state index < -0.39 is 89.3 Å². The van der Waals surface area contributed by atoms with Crippen LogP contribution in [-0.4, -0.2) is 128 Å². The van der Waals surface area contributed by atoms with Crippen LogP contribution in [-0.2, 0) is 36.7 Å². The van der Waals surface area contributed by atoms with Crippen molar-refractivity contribution in [2.24, 2.45) is 0 Å². The molecule has 0 aromatic carbocycles. The summed E-state index contributed by atoms with van der Waals surface area (Å²) < 4.78 is 54.6. The van der Waals surface area contributed by atoms with Crippen molar-refractivity contribution in [2.45, 2.75) is 49.1 Å². The number of fused-ring (bicyclic) bond motifs is 2. The predicted octanol–water partition coefficient (Wildman–Crippen LogP) is -4.45. The molecule has 0 bridgehead atoms. The fraction of sp³-hybridized carbons (Fsp3) is 0.556. The third-order valence-electron chi connectivity index (χ3n) is 6.19. The molecule has 2 aromatic heterocycles. The number of ether oxygens (including phenoxy) is 2. The monoisotopic (exact) mass is 746 g/mol. The number of phosphoric ester groups is 2. The first-order valence-electron chi connectivity index (χ1n) is 11.4. The van der Waals surface area contributed by atoms with Crippen LogP contribution in [0.3, 0.4) is 0 Å². The SMILES string of the molecule is Nc1ccn([C@@H]2O[C@H](CO)[C@H]3OP(=O)([O-])O[C@H]32)c(=O)n1.Nc1ccn([C@@H]2O[C@H](CO)[C@H]3OP(=O)([O-])O[C@H]32)c(=O)n1.[Ba+2]. The van der Waals surface area contributed by atoms with E-state index in [1.54, 1.807) is 0 Å². The molecule has 0 spiro atoms. The Kier molecular flexibility index (Phi) is 10.1. The van der Waals surface area contributed by atoms with Crippen LogP contribution in [0.15, 0.2) is 34.1 Å². The molecule has 6 N–H and O–H groups in total. The maximum Gasteiger partial charge on any atom is 2.00 e. The van der Waals surface area contributed by atoms with Gasteiger partial charge < -0.3 is 59.0 Å². The number of anilines is 2. The second kappa shape index (κ2) is 12.5. The number of hydrogen-bond acceptors (Lipinski definition) is 18. The Labute approximate surface area is 269 Å². The minimum absolute atomic E-state index is 0. The Morgan fingerprint density at radius 3 is 1.41 bits per heavy atom. The van der Waals surface area contributed by atoms with Gasteiger partial charge in [-0.25, -0.2) is 9.59 Å². The zero-order valence-corrected chi connectivity index (χ0v) is 26.9. The maximum absolute atomic E-state index is 11.8. The van der Waals surface area contributed by atoms with Gasteiger partial charge in [0.05, 0.1) is 13.2 Å². The van der Waals surface area contributed by atoms with E-state index in [2.05, 4.69) is 9.97 Å². The zero-order valence-electron chi connectivity index (χ0n) is 20.7. The summed E-state index contributed by atoms with van der Waals surface area (Å²) in [5.74, 6) is 0.0511. The van der Waals surface area contributed by atoms with E-state index >= 15 is 0 Å². The molecule has 6 rings (SSSR count). The van der Waals surface area contributed by atoms with Gasteiger partial charge in [0.15, 0.2) is 12.5 Å². The van der Waals surface area contributed by atoms with Crippen LogP contribution >= 0.6 is 15.6 Å². The summed E-state index contributed by atoms with van der Waals surface area (Å²) in [7, 11) is -8.91. The number of nitrogens with zero attached hydrogens (tertiary/aromatic N) is 4. The largest absolute Gasteiger partial charge is 2.00 e. The summed E-state index contributed by atoms with van der Waals surface area (Å²) in [4.78, 5) is 53.2. The molecule has 0 amide bonds. The molecule has 2 aromatic rings. The Hall–Kier alpha value is -1.01. The second-order valence-corrected chi connectivity index (χ2v) is 11.4. The molecule has 20 nitrogen and oxygen atoms in total. The quantitative estimate of drug-likeness (QED) is 0.169. The first-order valence-corrected chi connectivity index (χ1v) is 14.3. The van der Waals surface area contributed by atoms with Gasteiger partial charge in [0.25, 0.3) is 15.6 Å². The molecular weight excluding hydrogens is 724 g/mol. The molecule has 4 saturated heterocycles. The number of rotatable bonds is 4. The molecule has 4 aliphatic rings. The molecule has 4 aliphatic heterocycles. The molecule has 23 heteroatoms. The molecular formula is C18H22BaN6O14P2. The van der Waals surface area contributed by atoms with Gasteiger partial charge in [-0.15, -0.1) is 0 Å². The molecule has 2 unspecified atom stereocenters. The number of aromatic nitrogens is 4. The van der Waals surface area contributed by atoms with Gasteiger partial charge in [0.2, 0.25) is 0 Å². The third kappa shape index (κ3) is 6.74. The Morgan fingerprint density at radius 1 is 0.756 bits per heavy atom. The average molecular weight is 746 g/mol. The standard InChI is InChI=1S/2C9H12N3O7P.Ba/c2*10-5-1-2-12(9(14)11-5)8-7-6(4(3-13)17-8)18-20(15,16)19-7;/h2*1-2,4,6-8,13H,3H2,(H,15,16)(H2,10,11,14);/q;;+2/p-2/t2*4-,6-,7-,8-;/m11./s1. The van der Waals surface area contributed by atoms with Crippen molar-refractivity contribution in [2.75, 3.05) is 24.7 Å². The van der Waals surface area contributed by atoms with Crippen LogP contribution in [0.4, 0.5) is 11.6 Å². The van der Waals surface area contributed by atoms with Crippen LogP contribution in [0.1, 0.15) is 12.5 Å². The van der Waals surface area contributed by atoms with Gasteiger partial charge in [0, 0.05) is 12.4 Å². The molecule has 41 heavy (non-hydrogen) atoms. The molecule has 0 radical (unpaired) electrons. The minimum Gasteiger partial charge on any atom is -0.756 e. The maximum atomic E-state index is 11.8. The van der Waals surface area contributed by atoms with Gasteiger partial charge in [0.1, 0.15) is 48.3 Å². The van der Waals surface area contributed by atoms with Crippen LogP contribution in [0, 0.1) is 0 Å². The van der Waals surface area contributed by atoms with E-state index in [4.69, 9.17) is 39.0 Å². The van der Waals surface area contributed by atoms with Gasteiger partial charge in [-0.2, -0.15) is 9.97 Å². The normalized spacial score (nSPS) is 38.9. The van der Waals surface area contributed by atoms with E-state index in [0.29, 0.717) is 0 Å². The van der Waals surface area contributed by atoms with Crippen molar-refractivity contribution < 1.29 is 56.7 Å². The number of hydrogen-bond donors (Lipinski definition) is 4. The van der Waals surface area contributed by atoms with E-state index in [0.717, 1.165) is 9.13 Å². The fourth-order valence-corrected chi connectivity index (χ4v) is 6.77. The summed E-state index contributed by atoms with van der Waals surface area (Å²) >= 11 is 0. The van der Waals surface area contributed by atoms with Crippen molar-refractivity contribution in [3.05, 3.63) is 45.5 Å². The van der Waals surface area contributed by atoms with E-state index in [1.807, 2.05) is 0 Å². The van der Waals surface area contributed by atoms with Gasteiger partial charge >= 0.3 is 60.3 Å². The molecule has 4 fully saturated rings. The number of nitrogen functional groups attached to an aromatic ring is 2. The molecule has 6 heterocycles. The van der Waals surface area contributed by atoms with Crippen LogP contribution in [0.2, 0.25) is 0 Å². The van der Waals surface area contributed by atoms with E-state index in [9.17, 15) is 38.7 Å². The summed E-state index contributed by atoms with van der Waals surface area (Å²) in [6, 6.07) is 2.72. The second-order valence-electron chi connectivity index (χ2n) is 8.75. The number of aliphatic hydroxyl groups is 2. The molecule has 10 atom stereocenters. The number of nitrogens with two attached hydrogens (primary N) is 2. The smallest absolute Gasteiger partial charge is 0.756 e. The average Bonchev–Trinajstić information content (AvgIpc) is 3.56. The van der Waals surface area contributed by atoms with Crippen LogP contribution in [0.5, 0.6) is 0 Å². The van der Waals surface area contributed by atoms with Crippen molar-refractivity contribution in [1.82, 2.24) is 19.1 Å². The van der Waals surface area contributed by atoms with Crippen molar-refractivity contribution >= 4 is 76.2 Å². The minimum atomic E-state index is -4.46. The summed E-state index contributed by atoms with van der Waals surface area (Å²) in [5, 5.41) is 18.4. The Bertz CT molecular complexity index is 1380. The van der Waals surface area contributed by atoms with Crippen molar-refractivity contribution in [3.8, 4) is 0 Å². The molecule has 0 saturated carbocycles. The topological polar surface area (TPSA) is 298 Å². The first kappa shape index (κ1) is 32.9. The summed E-state index contributed by atoms with van der Waals surface area (Å²) in [6.07, 6.45) is -5.47. The van der Waals surface area contributed by atoms with Crippen LogP contribution < -0.4 is 32.6 Å².